The second kappa shape index (κ2) is 12.9. The predicted octanol–water partition coefficient (Wildman–Crippen LogP) is 4.04. The lowest BCUT2D eigenvalue weighted by atomic mass is 9.89. The summed E-state index contributed by atoms with van der Waals surface area (Å²) in [4.78, 5) is 30.4. The molecule has 0 radical (unpaired) electrons. The summed E-state index contributed by atoms with van der Waals surface area (Å²) in [5.74, 6) is 0.580. The molecule has 5 N–H and O–H groups in total. The average molecular weight is 599 g/mol. The van der Waals surface area contributed by atoms with Gasteiger partial charge >= 0.3 is 5.76 Å². The lowest BCUT2D eigenvalue weighted by molar-refractivity contribution is -0.576. The Kier molecular flexibility index (Phi) is 8.74. The first-order chi connectivity index (χ1) is 21.4. The summed E-state index contributed by atoms with van der Waals surface area (Å²) in [7, 11) is 0. The molecule has 1 aliphatic heterocycles. The molecule has 0 unspecified atom stereocenters. The van der Waals surface area contributed by atoms with E-state index in [-0.39, 0.29) is 18.1 Å². The first kappa shape index (κ1) is 29.9. The van der Waals surface area contributed by atoms with Crippen LogP contribution >= 0.6 is 0 Å². The summed E-state index contributed by atoms with van der Waals surface area (Å²) in [6, 6.07) is 15.9. The summed E-state index contributed by atoms with van der Waals surface area (Å²) >= 11 is 0. The van der Waals surface area contributed by atoms with Gasteiger partial charge in [-0.15, -0.1) is 0 Å². The molecule has 3 aliphatic rings. The number of nitrogens with one attached hydrogen (secondary N) is 2. The highest BCUT2D eigenvalue weighted by Gasteiger charge is 2.43. The van der Waals surface area contributed by atoms with Gasteiger partial charge in [0.15, 0.2) is 5.82 Å². The minimum absolute atomic E-state index is 0.0186. The summed E-state index contributed by atoms with van der Waals surface area (Å²) in [5, 5.41) is 23.9. The van der Waals surface area contributed by atoms with Gasteiger partial charge in [-0.05, 0) is 61.6 Å². The van der Waals surface area contributed by atoms with Crippen LogP contribution in [-0.2, 0) is 16.0 Å². The van der Waals surface area contributed by atoms with E-state index in [1.807, 2.05) is 53.4 Å². The summed E-state index contributed by atoms with van der Waals surface area (Å²) in [5.41, 5.74) is 4.88. The van der Waals surface area contributed by atoms with E-state index in [4.69, 9.17) is 14.7 Å². The number of aliphatic hydroxyl groups is 1. The molecule has 2 fully saturated rings. The Morgan fingerprint density at radius 2 is 1.84 bits per heavy atom. The van der Waals surface area contributed by atoms with E-state index in [1.54, 1.807) is 6.08 Å². The Morgan fingerprint density at radius 1 is 1.11 bits per heavy atom. The topological polar surface area (TPSA) is 149 Å². The number of quaternary nitrogens is 1. The molecule has 230 valence electrons. The molecule has 2 heterocycles. The van der Waals surface area contributed by atoms with Crippen molar-refractivity contribution < 1.29 is 24.5 Å². The molecule has 0 atom stereocenters. The number of carbonyl (C=O) groups excluding carboxylic acids is 1. The molecular formula is C34H40N5O5+. The minimum atomic E-state index is -0.622. The van der Waals surface area contributed by atoms with Crippen LogP contribution in [0.2, 0.25) is 0 Å². The van der Waals surface area contributed by atoms with Crippen LogP contribution < -0.4 is 11.1 Å². The molecule has 2 aliphatic carbocycles. The molecule has 0 spiro atoms. The van der Waals surface area contributed by atoms with Crippen LogP contribution in [0.1, 0.15) is 63.9 Å². The molecule has 0 bridgehead atoms. The number of hydrogen-bond acceptors (Lipinski definition) is 7. The molecule has 3 aromatic rings. The smallest absolute Gasteiger partial charge is 0.387 e. The maximum atomic E-state index is 14.3. The second-order valence-electron chi connectivity index (χ2n) is 12.2. The maximum Gasteiger partial charge on any atom is 0.439 e. The third-order valence-electron chi connectivity index (χ3n) is 8.93. The molecular weight excluding hydrogens is 558 g/mol. The highest BCUT2D eigenvalue weighted by atomic mass is 16.5. The van der Waals surface area contributed by atoms with Crippen molar-refractivity contribution in [3.63, 3.8) is 0 Å². The number of aromatic nitrogens is 2. The lowest BCUT2D eigenvalue weighted by Gasteiger charge is -2.39. The number of allylic oxidation sites excluding steroid dienone is 2. The number of benzene rings is 2. The number of rotatable bonds is 11. The SMILES string of the molecule is CCCC1=C(Cc2ccc(-c3ccccc3-c3noc(=O)[nH]3)cc2)C(=O)N(C2CCC(OCC3(O)CC3)CC2)C(=CC=N)[NH2+]1. The van der Waals surface area contributed by atoms with E-state index < -0.39 is 11.4 Å². The first-order valence-electron chi connectivity index (χ1n) is 15.6. The molecule has 10 heteroatoms. The number of carbonyl (C=O) groups is 1. The highest BCUT2D eigenvalue weighted by molar-refractivity contribution is 5.96. The second-order valence-corrected chi connectivity index (χ2v) is 12.2. The molecule has 2 saturated carbocycles. The van der Waals surface area contributed by atoms with Crippen molar-refractivity contribution in [2.45, 2.75) is 82.5 Å². The molecule has 0 saturated heterocycles. The fourth-order valence-electron chi connectivity index (χ4n) is 6.33. The van der Waals surface area contributed by atoms with E-state index >= 15 is 0 Å². The van der Waals surface area contributed by atoms with Gasteiger partial charge in [-0.3, -0.25) is 24.5 Å². The molecule has 10 nitrogen and oxygen atoms in total. The van der Waals surface area contributed by atoms with Gasteiger partial charge in [0.2, 0.25) is 5.82 Å². The van der Waals surface area contributed by atoms with Crippen molar-refractivity contribution in [3.05, 3.63) is 87.8 Å². The van der Waals surface area contributed by atoms with Crippen molar-refractivity contribution in [2.24, 2.45) is 0 Å². The van der Waals surface area contributed by atoms with Crippen molar-refractivity contribution in [1.29, 1.82) is 5.41 Å². The van der Waals surface area contributed by atoms with Crippen LogP contribution in [0.15, 0.2) is 81.0 Å². The predicted molar refractivity (Wildman–Crippen MR) is 165 cm³/mol. The fraction of sp³-hybridized carbons (Fsp3) is 0.412. The van der Waals surface area contributed by atoms with Crippen molar-refractivity contribution >= 4 is 12.1 Å². The third-order valence-corrected chi connectivity index (χ3v) is 8.93. The van der Waals surface area contributed by atoms with Gasteiger partial charge in [-0.25, -0.2) is 4.79 Å². The summed E-state index contributed by atoms with van der Waals surface area (Å²) in [6.07, 6.45) is 10.2. The van der Waals surface area contributed by atoms with Crippen molar-refractivity contribution in [1.82, 2.24) is 15.0 Å². The van der Waals surface area contributed by atoms with Gasteiger partial charge in [0.1, 0.15) is 5.70 Å². The minimum Gasteiger partial charge on any atom is -0.387 e. The van der Waals surface area contributed by atoms with Gasteiger partial charge in [-0.1, -0.05) is 60.6 Å². The normalized spacial score (nSPS) is 22.5. The fourth-order valence-corrected chi connectivity index (χ4v) is 6.33. The Hall–Kier alpha value is -4.12. The molecule has 6 rings (SSSR count). The largest absolute Gasteiger partial charge is 0.439 e. The third kappa shape index (κ3) is 6.52. The zero-order valence-electron chi connectivity index (χ0n) is 25.1. The van der Waals surface area contributed by atoms with Crippen LogP contribution in [0.25, 0.3) is 22.5 Å². The highest BCUT2D eigenvalue weighted by Crippen LogP contribution is 2.37. The quantitative estimate of drug-likeness (QED) is 0.245. The number of hydrogen-bond donors (Lipinski definition) is 4. The van der Waals surface area contributed by atoms with E-state index in [1.165, 1.54) is 6.21 Å². The van der Waals surface area contributed by atoms with Crippen molar-refractivity contribution in [3.8, 4) is 22.5 Å². The average Bonchev–Trinajstić information content (AvgIpc) is 3.62. The van der Waals surface area contributed by atoms with Crippen LogP contribution in [0.5, 0.6) is 0 Å². The molecule has 44 heavy (non-hydrogen) atoms. The molecule has 1 aromatic heterocycles. The summed E-state index contributed by atoms with van der Waals surface area (Å²) in [6.45, 7) is 2.51. The van der Waals surface area contributed by atoms with Crippen LogP contribution in [0.3, 0.4) is 0 Å². The number of H-pyrrole nitrogens is 1. The van der Waals surface area contributed by atoms with E-state index in [2.05, 4.69) is 22.4 Å². The Labute approximate surface area is 256 Å². The first-order valence-corrected chi connectivity index (χ1v) is 15.6. The van der Waals surface area contributed by atoms with E-state index in [0.29, 0.717) is 18.9 Å². The molecule has 1 amide bonds. The van der Waals surface area contributed by atoms with Gasteiger partial charge in [-0.2, -0.15) is 0 Å². The van der Waals surface area contributed by atoms with Crippen molar-refractivity contribution in [2.75, 3.05) is 6.61 Å². The lowest BCUT2D eigenvalue weighted by Crippen LogP contribution is -2.86. The standard InChI is InChI=1S/C34H39N5O5/c1-2-5-29-28(20-22-8-10-23(11-9-22)26-6-3-4-7-27(26)31-37-33(41)44-38-31)32(40)39(30(36-29)16-19-35)24-12-14-25(15-13-24)43-21-34(42)17-18-34/h3-4,6-11,16,19,24-25,35-36,42H,2,5,12-15,17-18,20-21H2,1H3,(H,37,38,41)/p+1. The van der Waals surface area contributed by atoms with Gasteiger partial charge in [0.05, 0.1) is 23.9 Å². The van der Waals surface area contributed by atoms with Gasteiger partial charge in [0, 0.05) is 36.7 Å². The summed E-state index contributed by atoms with van der Waals surface area (Å²) < 4.78 is 10.7. The van der Waals surface area contributed by atoms with Crippen LogP contribution in [0.4, 0.5) is 0 Å². The zero-order chi connectivity index (χ0) is 30.7. The van der Waals surface area contributed by atoms with E-state index in [9.17, 15) is 14.7 Å². The Morgan fingerprint density at radius 3 is 2.48 bits per heavy atom. The number of amides is 1. The van der Waals surface area contributed by atoms with Gasteiger partial charge < -0.3 is 15.3 Å². The Bertz CT molecular complexity index is 1620. The van der Waals surface area contributed by atoms with Crippen LogP contribution in [-0.4, -0.2) is 56.6 Å². The zero-order valence-corrected chi connectivity index (χ0v) is 25.1. The number of nitrogens with zero attached hydrogens (tertiary/aromatic N) is 2. The maximum absolute atomic E-state index is 14.3. The number of nitrogens with two attached hydrogens (primary N) is 1. The van der Waals surface area contributed by atoms with Crippen LogP contribution in [0, 0.1) is 5.41 Å². The molecule has 2 aromatic carbocycles. The van der Waals surface area contributed by atoms with Gasteiger partial charge in [0.25, 0.3) is 5.91 Å². The number of ether oxygens (including phenoxy) is 1. The van der Waals surface area contributed by atoms with E-state index in [0.717, 1.165) is 90.7 Å². The Balaban J connectivity index is 1.21. The number of aromatic amines is 1. The monoisotopic (exact) mass is 598 g/mol.